The maximum absolute atomic E-state index is 12.4. The number of carbonyl (C=O) groups excluding carboxylic acids is 2. The number of hydrogen-bond acceptors (Lipinski definition) is 5. The van der Waals surface area contributed by atoms with E-state index in [1.807, 2.05) is 50.2 Å². The number of benzene rings is 2. The summed E-state index contributed by atoms with van der Waals surface area (Å²) in [6.45, 7) is 10.3. The van der Waals surface area contributed by atoms with Crippen LogP contribution in [0.2, 0.25) is 0 Å². The van der Waals surface area contributed by atoms with Gasteiger partial charge >= 0.3 is 12.2 Å². The van der Waals surface area contributed by atoms with Crippen molar-refractivity contribution in [3.8, 4) is 11.5 Å². The standard InChI is InChI=1S/C26H34N2O5/c1-18-11-9-10-14-22(18)32-33-24(30)28-20-15-25(3,4)17-26(5,16-20)19(2)27-23(29)31-21-12-7-6-8-13-21/h6-14,19-20H,15-17H2,1-5H3,(H,27,29)(H,28,30). The molecule has 1 aliphatic rings. The molecular formula is C26H34N2O5. The Labute approximate surface area is 195 Å². The second-order valence-electron chi connectivity index (χ2n) is 10.0. The van der Waals surface area contributed by atoms with Crippen LogP contribution in [0.4, 0.5) is 9.59 Å². The van der Waals surface area contributed by atoms with Gasteiger partial charge in [0, 0.05) is 12.1 Å². The number of aryl methyl sites for hydroxylation is 1. The van der Waals surface area contributed by atoms with Gasteiger partial charge in [-0.1, -0.05) is 57.2 Å². The van der Waals surface area contributed by atoms with Crippen molar-refractivity contribution in [2.45, 2.75) is 66.0 Å². The van der Waals surface area contributed by atoms with E-state index >= 15 is 0 Å². The summed E-state index contributed by atoms with van der Waals surface area (Å²) in [5.74, 6) is 0.989. The maximum atomic E-state index is 12.4. The third-order valence-corrected chi connectivity index (χ3v) is 6.35. The van der Waals surface area contributed by atoms with Gasteiger partial charge in [-0.3, -0.25) is 4.89 Å². The minimum Gasteiger partial charge on any atom is -0.410 e. The van der Waals surface area contributed by atoms with Gasteiger partial charge in [-0.15, -0.1) is 0 Å². The molecule has 1 saturated carbocycles. The van der Waals surface area contributed by atoms with E-state index in [0.29, 0.717) is 17.9 Å². The van der Waals surface area contributed by atoms with E-state index < -0.39 is 12.2 Å². The highest BCUT2D eigenvalue weighted by atomic mass is 17.2. The van der Waals surface area contributed by atoms with Gasteiger partial charge in [0.2, 0.25) is 0 Å². The quantitative estimate of drug-likeness (QED) is 0.427. The molecule has 3 rings (SSSR count). The summed E-state index contributed by atoms with van der Waals surface area (Å²) in [5, 5.41) is 5.91. The molecule has 33 heavy (non-hydrogen) atoms. The molecule has 0 saturated heterocycles. The molecule has 1 aliphatic carbocycles. The van der Waals surface area contributed by atoms with Crippen LogP contribution >= 0.6 is 0 Å². The van der Waals surface area contributed by atoms with Crippen LogP contribution in [0.15, 0.2) is 54.6 Å². The van der Waals surface area contributed by atoms with E-state index in [1.54, 1.807) is 18.2 Å². The lowest BCUT2D eigenvalue weighted by molar-refractivity contribution is -0.144. The first kappa shape index (κ1) is 24.4. The molecule has 2 N–H and O–H groups in total. The second-order valence-corrected chi connectivity index (χ2v) is 10.0. The SMILES string of the molecule is Cc1ccccc1OOC(=O)NC1CC(C)(C)CC(C)(C(C)NC(=O)Oc2ccccc2)C1. The molecule has 0 bridgehead atoms. The number of carbonyl (C=O) groups is 2. The monoisotopic (exact) mass is 454 g/mol. The van der Waals surface area contributed by atoms with Crippen LogP contribution in [0.5, 0.6) is 11.5 Å². The van der Waals surface area contributed by atoms with Crippen LogP contribution in [0.1, 0.15) is 52.5 Å². The van der Waals surface area contributed by atoms with Crippen molar-refractivity contribution in [2.24, 2.45) is 10.8 Å². The first-order valence-electron chi connectivity index (χ1n) is 11.3. The Morgan fingerprint density at radius 2 is 1.64 bits per heavy atom. The van der Waals surface area contributed by atoms with E-state index in [-0.39, 0.29) is 22.9 Å². The molecule has 3 atom stereocenters. The van der Waals surface area contributed by atoms with Crippen LogP contribution in [0, 0.1) is 17.8 Å². The summed E-state index contributed by atoms with van der Waals surface area (Å²) in [6, 6.07) is 16.0. The predicted molar refractivity (Wildman–Crippen MR) is 126 cm³/mol. The fraction of sp³-hybridized carbons (Fsp3) is 0.462. The van der Waals surface area contributed by atoms with Gasteiger partial charge in [-0.25, -0.2) is 14.5 Å². The van der Waals surface area contributed by atoms with Gasteiger partial charge in [0.05, 0.1) is 0 Å². The number of para-hydroxylation sites is 2. The molecule has 1 fully saturated rings. The molecule has 2 aromatic carbocycles. The minimum atomic E-state index is -0.632. The number of rotatable bonds is 6. The molecule has 7 nitrogen and oxygen atoms in total. The number of amides is 2. The van der Waals surface area contributed by atoms with E-state index in [9.17, 15) is 9.59 Å². The zero-order chi connectivity index (χ0) is 24.1. The average molecular weight is 455 g/mol. The first-order valence-corrected chi connectivity index (χ1v) is 11.3. The minimum absolute atomic E-state index is 0.0406. The summed E-state index contributed by atoms with van der Waals surface area (Å²) < 4.78 is 5.39. The molecular weight excluding hydrogens is 420 g/mol. The van der Waals surface area contributed by atoms with Crippen molar-refractivity contribution in [3.05, 3.63) is 60.2 Å². The Morgan fingerprint density at radius 1 is 0.970 bits per heavy atom. The fourth-order valence-corrected chi connectivity index (χ4v) is 4.87. The summed E-state index contributed by atoms with van der Waals surface area (Å²) in [7, 11) is 0. The molecule has 3 unspecified atom stereocenters. The summed E-state index contributed by atoms with van der Waals surface area (Å²) in [5.41, 5.74) is 0.576. The number of hydrogen-bond donors (Lipinski definition) is 2. The van der Waals surface area contributed by atoms with Crippen molar-refractivity contribution in [3.63, 3.8) is 0 Å². The van der Waals surface area contributed by atoms with E-state index in [1.165, 1.54) is 0 Å². The molecule has 0 spiro atoms. The zero-order valence-corrected chi connectivity index (χ0v) is 20.0. The topological polar surface area (TPSA) is 85.9 Å². The molecule has 2 aromatic rings. The summed E-state index contributed by atoms with van der Waals surface area (Å²) in [6.07, 6.45) is 1.24. The largest absolute Gasteiger partial charge is 0.450 e. The Hall–Kier alpha value is -3.22. The van der Waals surface area contributed by atoms with Crippen LogP contribution in [0.3, 0.4) is 0 Å². The highest BCUT2D eigenvalue weighted by molar-refractivity contribution is 5.70. The molecule has 178 valence electrons. The lowest BCUT2D eigenvalue weighted by Gasteiger charge is -2.49. The molecule has 2 amide bonds. The lowest BCUT2D eigenvalue weighted by atomic mass is 9.60. The Morgan fingerprint density at radius 3 is 2.33 bits per heavy atom. The van der Waals surface area contributed by atoms with E-state index in [0.717, 1.165) is 18.4 Å². The Bertz CT molecular complexity index is 962. The van der Waals surface area contributed by atoms with Crippen LogP contribution < -0.4 is 20.3 Å². The highest BCUT2D eigenvalue weighted by Crippen LogP contribution is 2.48. The van der Waals surface area contributed by atoms with E-state index in [2.05, 4.69) is 31.4 Å². The first-order chi connectivity index (χ1) is 15.6. The molecule has 0 aliphatic heterocycles. The van der Waals surface area contributed by atoms with Gasteiger partial charge in [0.1, 0.15) is 5.75 Å². The van der Waals surface area contributed by atoms with Crippen LogP contribution in [-0.4, -0.2) is 24.3 Å². The number of ether oxygens (including phenoxy) is 1. The predicted octanol–water partition coefficient (Wildman–Crippen LogP) is 5.78. The van der Waals surface area contributed by atoms with Crippen molar-refractivity contribution in [1.82, 2.24) is 10.6 Å². The van der Waals surface area contributed by atoms with Crippen molar-refractivity contribution in [2.75, 3.05) is 0 Å². The summed E-state index contributed by atoms with van der Waals surface area (Å²) in [4.78, 5) is 35.1. The van der Waals surface area contributed by atoms with Crippen molar-refractivity contribution in [1.29, 1.82) is 0 Å². The molecule has 0 aromatic heterocycles. The number of nitrogens with one attached hydrogen (secondary N) is 2. The van der Waals surface area contributed by atoms with Gasteiger partial charge < -0.3 is 15.4 Å². The normalized spacial score (nSPS) is 22.5. The maximum Gasteiger partial charge on any atom is 0.450 e. The van der Waals surface area contributed by atoms with Gasteiger partial charge in [0.25, 0.3) is 0 Å². The van der Waals surface area contributed by atoms with Crippen molar-refractivity contribution < 1.29 is 24.1 Å². The summed E-state index contributed by atoms with van der Waals surface area (Å²) >= 11 is 0. The third-order valence-electron chi connectivity index (χ3n) is 6.35. The van der Waals surface area contributed by atoms with Gasteiger partial charge in [0.15, 0.2) is 5.75 Å². The zero-order valence-electron chi connectivity index (χ0n) is 20.0. The Kier molecular flexibility index (Phi) is 7.51. The molecule has 7 heteroatoms. The van der Waals surface area contributed by atoms with Crippen LogP contribution in [0.25, 0.3) is 0 Å². The van der Waals surface area contributed by atoms with Gasteiger partial charge in [-0.05, 0) is 67.7 Å². The fourth-order valence-electron chi connectivity index (χ4n) is 4.87. The smallest absolute Gasteiger partial charge is 0.410 e. The van der Waals surface area contributed by atoms with Crippen molar-refractivity contribution >= 4 is 12.2 Å². The average Bonchev–Trinajstić information content (AvgIpc) is 2.72. The second kappa shape index (κ2) is 10.1. The van der Waals surface area contributed by atoms with Gasteiger partial charge in [-0.2, -0.15) is 0 Å². The third kappa shape index (κ3) is 6.88. The Balaban J connectivity index is 1.58. The van der Waals surface area contributed by atoms with Crippen LogP contribution in [-0.2, 0) is 4.89 Å². The lowest BCUT2D eigenvalue weighted by Crippen LogP contribution is -2.54. The van der Waals surface area contributed by atoms with E-state index in [4.69, 9.17) is 14.5 Å². The molecule has 0 heterocycles. The molecule has 0 radical (unpaired) electrons. The highest BCUT2D eigenvalue weighted by Gasteiger charge is 2.45.